The summed E-state index contributed by atoms with van der Waals surface area (Å²) in [5.74, 6) is 0.0733. The number of rotatable bonds is 3. The van der Waals surface area contributed by atoms with Crippen LogP contribution in [0.3, 0.4) is 0 Å². The first-order valence-corrected chi connectivity index (χ1v) is 7.24. The molecular formula is C13H12ClNO3S. The summed E-state index contributed by atoms with van der Waals surface area (Å²) in [5.41, 5.74) is 6.72. The van der Waals surface area contributed by atoms with E-state index in [9.17, 15) is 8.42 Å². The zero-order valence-corrected chi connectivity index (χ0v) is 11.7. The lowest BCUT2D eigenvalue weighted by atomic mass is 10.2. The molecule has 2 aromatic carbocycles. The Labute approximate surface area is 116 Å². The minimum atomic E-state index is -3.99. The van der Waals surface area contributed by atoms with Crippen LogP contribution in [-0.4, -0.2) is 8.42 Å². The van der Waals surface area contributed by atoms with Crippen LogP contribution in [0, 0.1) is 6.92 Å². The highest BCUT2D eigenvalue weighted by Crippen LogP contribution is 2.28. The summed E-state index contributed by atoms with van der Waals surface area (Å²) in [6.07, 6.45) is 0. The van der Waals surface area contributed by atoms with Gasteiger partial charge in [-0.3, -0.25) is 0 Å². The van der Waals surface area contributed by atoms with Gasteiger partial charge in [0.05, 0.1) is 10.7 Å². The third-order valence-electron chi connectivity index (χ3n) is 2.47. The van der Waals surface area contributed by atoms with E-state index in [0.29, 0.717) is 0 Å². The zero-order chi connectivity index (χ0) is 14.0. The highest BCUT2D eigenvalue weighted by atomic mass is 35.5. The van der Waals surface area contributed by atoms with Gasteiger partial charge in [-0.15, -0.1) is 0 Å². The number of hydrogen-bond donors (Lipinski definition) is 1. The third kappa shape index (κ3) is 3.00. The molecule has 0 aromatic heterocycles. The van der Waals surface area contributed by atoms with E-state index < -0.39 is 10.1 Å². The number of hydrogen-bond acceptors (Lipinski definition) is 4. The van der Waals surface area contributed by atoms with E-state index in [1.165, 1.54) is 12.1 Å². The van der Waals surface area contributed by atoms with Gasteiger partial charge < -0.3 is 9.92 Å². The van der Waals surface area contributed by atoms with Crippen molar-refractivity contribution in [3.63, 3.8) is 0 Å². The predicted molar refractivity (Wildman–Crippen MR) is 74.9 cm³/mol. The first-order valence-electron chi connectivity index (χ1n) is 5.45. The quantitative estimate of drug-likeness (QED) is 0.698. The summed E-state index contributed by atoms with van der Waals surface area (Å²) in [6, 6.07) is 11.0. The molecule has 0 radical (unpaired) electrons. The lowest BCUT2D eigenvalue weighted by molar-refractivity contribution is 0.486. The molecule has 0 bridgehead atoms. The molecule has 0 spiro atoms. The Hall–Kier alpha value is -1.72. The van der Waals surface area contributed by atoms with Crippen LogP contribution < -0.4 is 9.92 Å². The molecule has 6 heteroatoms. The minimum Gasteiger partial charge on any atom is -0.398 e. The largest absolute Gasteiger partial charge is 0.398 e. The lowest BCUT2D eigenvalue weighted by Crippen LogP contribution is -2.12. The van der Waals surface area contributed by atoms with Crippen LogP contribution >= 0.6 is 11.6 Å². The topological polar surface area (TPSA) is 69.4 Å². The lowest BCUT2D eigenvalue weighted by Gasteiger charge is -2.10. The van der Waals surface area contributed by atoms with Crippen LogP contribution in [0.25, 0.3) is 0 Å². The number of aryl methyl sites for hydroxylation is 1. The van der Waals surface area contributed by atoms with Crippen LogP contribution in [0.2, 0.25) is 5.02 Å². The van der Waals surface area contributed by atoms with Gasteiger partial charge in [0.15, 0.2) is 5.75 Å². The standard InChI is InChI=1S/C13H12ClNO3S/c1-9-6-7-13(11(15)8-9)19(16,17)18-12-5-3-2-4-10(12)14/h2-8H,15H2,1H3. The fraction of sp³-hybridized carbons (Fsp3) is 0.0769. The molecule has 0 atom stereocenters. The third-order valence-corrected chi connectivity index (χ3v) is 4.09. The molecule has 0 aliphatic carbocycles. The molecule has 0 saturated heterocycles. The Morgan fingerprint density at radius 3 is 2.47 bits per heavy atom. The first kappa shape index (κ1) is 13.7. The molecule has 0 aliphatic heterocycles. The van der Waals surface area contributed by atoms with Crippen LogP contribution in [0.5, 0.6) is 5.75 Å². The van der Waals surface area contributed by atoms with Crippen LogP contribution in [-0.2, 0) is 10.1 Å². The number of nitrogen functional groups attached to an aromatic ring is 1. The van der Waals surface area contributed by atoms with Crippen molar-refractivity contribution < 1.29 is 12.6 Å². The van der Waals surface area contributed by atoms with Crippen LogP contribution in [0.15, 0.2) is 47.4 Å². The van der Waals surface area contributed by atoms with E-state index in [0.717, 1.165) is 5.56 Å². The maximum atomic E-state index is 12.1. The molecule has 0 amide bonds. The Morgan fingerprint density at radius 1 is 1.16 bits per heavy atom. The highest BCUT2D eigenvalue weighted by molar-refractivity contribution is 7.87. The first-order chi connectivity index (χ1) is 8.90. The van der Waals surface area contributed by atoms with Gasteiger partial charge in [0.2, 0.25) is 0 Å². The molecule has 19 heavy (non-hydrogen) atoms. The second-order valence-corrected chi connectivity index (χ2v) is 5.93. The number of anilines is 1. The van der Waals surface area contributed by atoms with Crippen molar-refractivity contribution in [2.75, 3.05) is 5.73 Å². The average Bonchev–Trinajstić information content (AvgIpc) is 2.31. The maximum absolute atomic E-state index is 12.1. The molecule has 4 nitrogen and oxygen atoms in total. The number of benzene rings is 2. The summed E-state index contributed by atoms with van der Waals surface area (Å²) >= 11 is 5.86. The second-order valence-electron chi connectivity index (χ2n) is 4.01. The summed E-state index contributed by atoms with van der Waals surface area (Å²) < 4.78 is 29.2. The van der Waals surface area contributed by atoms with Gasteiger partial charge >= 0.3 is 10.1 Å². The summed E-state index contributed by atoms with van der Waals surface area (Å²) in [5, 5.41) is 0.219. The average molecular weight is 298 g/mol. The van der Waals surface area contributed by atoms with E-state index >= 15 is 0 Å². The Kier molecular flexibility index (Phi) is 3.68. The molecule has 0 saturated carbocycles. The zero-order valence-electron chi connectivity index (χ0n) is 10.1. The normalized spacial score (nSPS) is 11.3. The molecule has 0 unspecified atom stereocenters. The second kappa shape index (κ2) is 5.11. The number of para-hydroxylation sites is 1. The van der Waals surface area contributed by atoms with Gasteiger partial charge in [0.1, 0.15) is 4.90 Å². The smallest absolute Gasteiger partial charge is 0.341 e. The van der Waals surface area contributed by atoms with Gasteiger partial charge in [-0.25, -0.2) is 0 Å². The Morgan fingerprint density at radius 2 is 1.84 bits per heavy atom. The van der Waals surface area contributed by atoms with Crippen molar-refractivity contribution in [2.24, 2.45) is 0 Å². The van der Waals surface area contributed by atoms with Crippen molar-refractivity contribution >= 4 is 27.4 Å². The van der Waals surface area contributed by atoms with E-state index in [4.69, 9.17) is 21.5 Å². The molecular weight excluding hydrogens is 286 g/mol. The van der Waals surface area contributed by atoms with Crippen molar-refractivity contribution in [3.8, 4) is 5.75 Å². The maximum Gasteiger partial charge on any atom is 0.341 e. The fourth-order valence-corrected chi connectivity index (χ4v) is 2.84. The molecule has 0 fully saturated rings. The molecule has 2 N–H and O–H groups in total. The van der Waals surface area contributed by atoms with Crippen molar-refractivity contribution in [2.45, 2.75) is 11.8 Å². The summed E-state index contributed by atoms with van der Waals surface area (Å²) in [7, 11) is -3.99. The Bertz CT molecular complexity index is 714. The molecule has 0 heterocycles. The fourth-order valence-electron chi connectivity index (χ4n) is 1.57. The molecule has 2 rings (SSSR count). The Balaban J connectivity index is 2.41. The van der Waals surface area contributed by atoms with E-state index in [1.54, 1.807) is 30.3 Å². The van der Waals surface area contributed by atoms with Gasteiger partial charge in [-0.1, -0.05) is 29.8 Å². The highest BCUT2D eigenvalue weighted by Gasteiger charge is 2.20. The summed E-state index contributed by atoms with van der Waals surface area (Å²) in [4.78, 5) is -0.0713. The van der Waals surface area contributed by atoms with Crippen molar-refractivity contribution in [1.29, 1.82) is 0 Å². The summed E-state index contributed by atoms with van der Waals surface area (Å²) in [6.45, 7) is 1.82. The SMILES string of the molecule is Cc1ccc(S(=O)(=O)Oc2ccccc2Cl)c(N)c1. The van der Waals surface area contributed by atoms with Gasteiger partial charge in [0.25, 0.3) is 0 Å². The molecule has 0 aliphatic rings. The predicted octanol–water partition coefficient (Wildman–Crippen LogP) is 3.00. The monoisotopic (exact) mass is 297 g/mol. The minimum absolute atomic E-state index is 0.0713. The van der Waals surface area contributed by atoms with Gasteiger partial charge in [-0.2, -0.15) is 8.42 Å². The number of halogens is 1. The van der Waals surface area contributed by atoms with Crippen LogP contribution in [0.1, 0.15) is 5.56 Å². The van der Waals surface area contributed by atoms with E-state index in [2.05, 4.69) is 0 Å². The van der Waals surface area contributed by atoms with E-state index in [1.807, 2.05) is 6.92 Å². The molecule has 100 valence electrons. The van der Waals surface area contributed by atoms with Crippen LogP contribution in [0.4, 0.5) is 5.69 Å². The van der Waals surface area contributed by atoms with Crippen molar-refractivity contribution in [1.82, 2.24) is 0 Å². The number of nitrogens with two attached hydrogens (primary N) is 1. The van der Waals surface area contributed by atoms with E-state index in [-0.39, 0.29) is 21.4 Å². The van der Waals surface area contributed by atoms with Gasteiger partial charge in [0, 0.05) is 0 Å². The van der Waals surface area contributed by atoms with Gasteiger partial charge in [-0.05, 0) is 36.8 Å². The van der Waals surface area contributed by atoms with Crippen molar-refractivity contribution in [3.05, 3.63) is 53.1 Å². The molecule has 2 aromatic rings.